The Balaban J connectivity index is 2.43. The Labute approximate surface area is 98.1 Å². The maximum Gasteiger partial charge on any atom is 0.211 e. The molecule has 96 valence electrons. The average Bonchev–Trinajstić information content (AvgIpc) is 2.15. The number of rotatable bonds is 4. The molecule has 0 radical (unpaired) electrons. The van der Waals surface area contributed by atoms with Crippen LogP contribution in [-0.4, -0.2) is 67.3 Å². The lowest BCUT2D eigenvalue weighted by Crippen LogP contribution is -2.51. The predicted molar refractivity (Wildman–Crippen MR) is 63.7 cm³/mol. The fourth-order valence-corrected chi connectivity index (χ4v) is 2.95. The number of hydrogen-bond acceptors (Lipinski definition) is 4. The van der Waals surface area contributed by atoms with E-state index >= 15 is 0 Å². The number of piperazine rings is 1. The van der Waals surface area contributed by atoms with Gasteiger partial charge in [-0.3, -0.25) is 4.90 Å². The van der Waals surface area contributed by atoms with Crippen LogP contribution in [0.3, 0.4) is 0 Å². The minimum atomic E-state index is -3.04. The summed E-state index contributed by atoms with van der Waals surface area (Å²) >= 11 is 0. The molecular weight excluding hydrogens is 228 g/mol. The van der Waals surface area contributed by atoms with Crippen molar-refractivity contribution in [3.05, 3.63) is 0 Å². The zero-order valence-corrected chi connectivity index (χ0v) is 11.1. The van der Waals surface area contributed by atoms with Gasteiger partial charge >= 0.3 is 0 Å². The van der Waals surface area contributed by atoms with E-state index in [9.17, 15) is 13.5 Å². The smallest absolute Gasteiger partial charge is 0.211 e. The van der Waals surface area contributed by atoms with E-state index in [0.29, 0.717) is 19.1 Å². The quantitative estimate of drug-likeness (QED) is 0.746. The largest absolute Gasteiger partial charge is 0.393 e. The number of sulfonamides is 1. The summed E-state index contributed by atoms with van der Waals surface area (Å²) in [6.45, 7) is 6.47. The summed E-state index contributed by atoms with van der Waals surface area (Å²) in [5, 5.41) is 9.30. The van der Waals surface area contributed by atoms with Crippen LogP contribution in [0.25, 0.3) is 0 Å². The van der Waals surface area contributed by atoms with Gasteiger partial charge in [-0.25, -0.2) is 8.42 Å². The summed E-state index contributed by atoms with van der Waals surface area (Å²) in [5.74, 6) is 0. The Kier molecular flexibility index (Phi) is 4.73. The van der Waals surface area contributed by atoms with Crippen LogP contribution < -0.4 is 0 Å². The van der Waals surface area contributed by atoms with Crippen molar-refractivity contribution in [2.45, 2.75) is 32.4 Å². The molecular formula is C10H22N2O3S. The molecule has 0 aromatic heterocycles. The third-order valence-corrected chi connectivity index (χ3v) is 4.35. The van der Waals surface area contributed by atoms with E-state index < -0.39 is 10.0 Å². The van der Waals surface area contributed by atoms with Gasteiger partial charge in [0.25, 0.3) is 0 Å². The highest BCUT2D eigenvalue weighted by Crippen LogP contribution is 2.12. The maximum absolute atomic E-state index is 11.3. The van der Waals surface area contributed by atoms with Gasteiger partial charge in [-0.05, 0) is 20.3 Å². The van der Waals surface area contributed by atoms with E-state index in [1.165, 1.54) is 10.6 Å². The molecule has 5 nitrogen and oxygen atoms in total. The normalized spacial score (nSPS) is 24.2. The second-order valence-electron chi connectivity index (χ2n) is 4.63. The van der Waals surface area contributed by atoms with Crippen molar-refractivity contribution in [1.29, 1.82) is 0 Å². The van der Waals surface area contributed by atoms with Crippen molar-refractivity contribution in [3.63, 3.8) is 0 Å². The molecule has 1 rings (SSSR count). The molecule has 1 aliphatic heterocycles. The van der Waals surface area contributed by atoms with E-state index in [4.69, 9.17) is 0 Å². The zero-order chi connectivity index (χ0) is 12.3. The Morgan fingerprint density at radius 1 is 1.19 bits per heavy atom. The lowest BCUT2D eigenvalue weighted by atomic mass is 10.1. The monoisotopic (exact) mass is 250 g/mol. The summed E-state index contributed by atoms with van der Waals surface area (Å²) < 4.78 is 24.1. The van der Waals surface area contributed by atoms with Crippen molar-refractivity contribution in [2.24, 2.45) is 0 Å². The van der Waals surface area contributed by atoms with Gasteiger partial charge in [-0.15, -0.1) is 0 Å². The first-order valence-corrected chi connectivity index (χ1v) is 7.52. The van der Waals surface area contributed by atoms with Crippen LogP contribution in [0.4, 0.5) is 0 Å². The molecule has 16 heavy (non-hydrogen) atoms. The predicted octanol–water partition coefficient (Wildman–Crippen LogP) is -0.277. The first-order valence-electron chi connectivity index (χ1n) is 5.68. The first kappa shape index (κ1) is 13.9. The molecule has 1 fully saturated rings. The second-order valence-corrected chi connectivity index (χ2v) is 6.61. The zero-order valence-electron chi connectivity index (χ0n) is 10.3. The van der Waals surface area contributed by atoms with Gasteiger partial charge < -0.3 is 5.11 Å². The average molecular weight is 250 g/mol. The maximum atomic E-state index is 11.3. The molecule has 0 saturated carbocycles. The molecule has 2 atom stereocenters. The fraction of sp³-hybridized carbons (Fsp3) is 1.00. The molecule has 0 aromatic rings. The minimum absolute atomic E-state index is 0.303. The Morgan fingerprint density at radius 2 is 1.69 bits per heavy atom. The van der Waals surface area contributed by atoms with E-state index in [1.807, 2.05) is 0 Å². The molecule has 1 aliphatic rings. The SMILES string of the molecule is CC(O)CC(C)N1CCN(S(C)(=O)=O)CC1. The minimum Gasteiger partial charge on any atom is -0.393 e. The lowest BCUT2D eigenvalue weighted by Gasteiger charge is -2.37. The highest BCUT2D eigenvalue weighted by Gasteiger charge is 2.26. The molecule has 0 bridgehead atoms. The summed E-state index contributed by atoms with van der Waals surface area (Å²) in [7, 11) is -3.04. The molecule has 0 aliphatic carbocycles. The van der Waals surface area contributed by atoms with Crippen LogP contribution in [0.5, 0.6) is 0 Å². The highest BCUT2D eigenvalue weighted by molar-refractivity contribution is 7.88. The number of aliphatic hydroxyl groups excluding tert-OH is 1. The van der Waals surface area contributed by atoms with Crippen LogP contribution in [-0.2, 0) is 10.0 Å². The van der Waals surface area contributed by atoms with Crippen molar-refractivity contribution in [2.75, 3.05) is 32.4 Å². The van der Waals surface area contributed by atoms with E-state index in [-0.39, 0.29) is 6.10 Å². The Morgan fingerprint density at radius 3 is 2.06 bits per heavy atom. The van der Waals surface area contributed by atoms with Crippen LogP contribution in [0.2, 0.25) is 0 Å². The summed E-state index contributed by atoms with van der Waals surface area (Å²) in [6.07, 6.45) is 1.68. The molecule has 1 N–H and O–H groups in total. The van der Waals surface area contributed by atoms with E-state index in [1.54, 1.807) is 6.92 Å². The molecule has 6 heteroatoms. The first-order chi connectivity index (χ1) is 7.30. The third kappa shape index (κ3) is 4.01. The van der Waals surface area contributed by atoms with Crippen LogP contribution >= 0.6 is 0 Å². The summed E-state index contributed by atoms with van der Waals surface area (Å²) in [5.41, 5.74) is 0. The van der Waals surface area contributed by atoms with Crippen molar-refractivity contribution in [3.8, 4) is 0 Å². The molecule has 0 aromatic carbocycles. The van der Waals surface area contributed by atoms with Crippen molar-refractivity contribution in [1.82, 2.24) is 9.21 Å². The van der Waals surface area contributed by atoms with Gasteiger partial charge in [-0.2, -0.15) is 4.31 Å². The van der Waals surface area contributed by atoms with Crippen LogP contribution in [0, 0.1) is 0 Å². The Hall–Kier alpha value is -0.170. The van der Waals surface area contributed by atoms with Crippen molar-refractivity contribution >= 4 is 10.0 Å². The topological polar surface area (TPSA) is 60.9 Å². The van der Waals surface area contributed by atoms with Gasteiger partial charge in [-0.1, -0.05) is 0 Å². The molecule has 1 heterocycles. The Bertz CT molecular complexity index is 308. The van der Waals surface area contributed by atoms with Crippen LogP contribution in [0.1, 0.15) is 20.3 Å². The summed E-state index contributed by atoms with van der Waals surface area (Å²) in [6, 6.07) is 0.307. The molecule has 2 unspecified atom stereocenters. The molecule has 1 saturated heterocycles. The van der Waals surface area contributed by atoms with Crippen molar-refractivity contribution < 1.29 is 13.5 Å². The number of aliphatic hydroxyl groups is 1. The van der Waals surface area contributed by atoms with Gasteiger partial charge in [0, 0.05) is 32.2 Å². The summed E-state index contributed by atoms with van der Waals surface area (Å²) in [4.78, 5) is 2.23. The number of hydrogen-bond donors (Lipinski definition) is 1. The number of nitrogens with zero attached hydrogens (tertiary/aromatic N) is 2. The molecule has 0 spiro atoms. The highest BCUT2D eigenvalue weighted by atomic mass is 32.2. The van der Waals surface area contributed by atoms with Gasteiger partial charge in [0.2, 0.25) is 10.0 Å². The van der Waals surface area contributed by atoms with Gasteiger partial charge in [0.05, 0.1) is 12.4 Å². The van der Waals surface area contributed by atoms with Gasteiger partial charge in [0.15, 0.2) is 0 Å². The lowest BCUT2D eigenvalue weighted by molar-refractivity contribution is 0.0956. The van der Waals surface area contributed by atoms with E-state index in [2.05, 4.69) is 11.8 Å². The third-order valence-electron chi connectivity index (χ3n) is 3.05. The molecule has 0 amide bonds. The standard InChI is InChI=1S/C10H22N2O3S/c1-9(8-10(2)13)11-4-6-12(7-5-11)16(3,14)15/h9-10,13H,4-8H2,1-3H3. The van der Waals surface area contributed by atoms with Crippen LogP contribution in [0.15, 0.2) is 0 Å². The second kappa shape index (κ2) is 5.44. The fourth-order valence-electron chi connectivity index (χ4n) is 2.12. The van der Waals surface area contributed by atoms with E-state index in [0.717, 1.165) is 19.5 Å². The van der Waals surface area contributed by atoms with Gasteiger partial charge in [0.1, 0.15) is 0 Å².